The Bertz CT molecular complexity index is 2010. The third-order valence-corrected chi connectivity index (χ3v) is 9.89. The predicted octanol–water partition coefficient (Wildman–Crippen LogP) is 6.48. The largest absolute Gasteiger partial charge is 0.507 e. The van der Waals surface area contributed by atoms with E-state index < -0.39 is 6.10 Å². The molecule has 0 unspecified atom stereocenters. The van der Waals surface area contributed by atoms with E-state index in [-0.39, 0.29) is 29.4 Å². The summed E-state index contributed by atoms with van der Waals surface area (Å²) in [4.78, 5) is 29.7. The highest BCUT2D eigenvalue weighted by molar-refractivity contribution is 5.87. The zero-order valence-corrected chi connectivity index (χ0v) is 30.0. The van der Waals surface area contributed by atoms with Crippen LogP contribution in [0.3, 0.4) is 0 Å². The predicted molar refractivity (Wildman–Crippen MR) is 206 cm³/mol. The standard InChI is InChI=1S/C43H49N3O7/c47-37-14-8-12-33(26-41(51)53-29-31-19-22-46(23-20-31)28-30-9-3-1-4-10-30)42(37)32-11-7-13-34(25-32)52-24-6-2-5-21-44-27-39(49)35-15-17-38(48)43-36(35)16-18-40(50)45-43/h1,3-4,7-18,25,31,39,44,47-49H,2,5-6,19-24,26-29H2,(H,45,50)/t39-/m0/s1. The van der Waals surface area contributed by atoms with Gasteiger partial charge < -0.3 is 35.1 Å². The second-order valence-corrected chi connectivity index (χ2v) is 13.8. The lowest BCUT2D eigenvalue weighted by atomic mass is 9.96. The maximum atomic E-state index is 13.0. The molecule has 0 amide bonds. The minimum atomic E-state index is -0.797. The molecule has 10 heteroatoms. The second-order valence-electron chi connectivity index (χ2n) is 13.8. The number of aliphatic hydroxyl groups excluding tert-OH is 1. The van der Waals surface area contributed by atoms with Gasteiger partial charge in [0.1, 0.15) is 17.2 Å². The Balaban J connectivity index is 0.913. The molecule has 53 heavy (non-hydrogen) atoms. The van der Waals surface area contributed by atoms with Gasteiger partial charge in [0.05, 0.1) is 31.3 Å². The molecule has 4 aromatic carbocycles. The number of hydrogen-bond donors (Lipinski definition) is 5. The van der Waals surface area contributed by atoms with Crippen molar-refractivity contribution in [2.75, 3.05) is 39.4 Å². The van der Waals surface area contributed by atoms with Gasteiger partial charge in [-0.3, -0.25) is 14.5 Å². The normalized spacial score (nSPS) is 14.3. The fraction of sp³-hybridized carbons (Fsp3) is 0.349. The van der Waals surface area contributed by atoms with Crippen LogP contribution in [-0.2, 0) is 22.5 Å². The number of fused-ring (bicyclic) bond motifs is 1. The molecule has 0 radical (unpaired) electrons. The lowest BCUT2D eigenvalue weighted by molar-refractivity contribution is -0.144. The quantitative estimate of drug-likeness (QED) is 0.0539. The van der Waals surface area contributed by atoms with Gasteiger partial charge in [-0.2, -0.15) is 0 Å². The topological polar surface area (TPSA) is 144 Å². The number of nitrogens with zero attached hydrogens (tertiary/aromatic N) is 1. The lowest BCUT2D eigenvalue weighted by Crippen LogP contribution is -2.35. The molecule has 5 N–H and O–H groups in total. The van der Waals surface area contributed by atoms with Gasteiger partial charge >= 0.3 is 5.97 Å². The zero-order chi connectivity index (χ0) is 37.0. The van der Waals surface area contributed by atoms with Crippen molar-refractivity contribution in [1.82, 2.24) is 15.2 Å². The summed E-state index contributed by atoms with van der Waals surface area (Å²) in [6.07, 6.45) is 3.92. The Hall–Kier alpha value is -5.16. The first kappa shape index (κ1) is 37.6. The number of phenolic OH excluding ortho intramolecular Hbond substituents is 2. The number of aromatic amines is 1. The zero-order valence-electron chi connectivity index (χ0n) is 30.0. The van der Waals surface area contributed by atoms with Gasteiger partial charge in [0.25, 0.3) is 0 Å². The lowest BCUT2D eigenvalue weighted by Gasteiger charge is -2.31. The van der Waals surface area contributed by atoms with Gasteiger partial charge in [0, 0.05) is 30.1 Å². The van der Waals surface area contributed by atoms with Crippen LogP contribution in [0.2, 0.25) is 0 Å². The van der Waals surface area contributed by atoms with E-state index in [1.54, 1.807) is 24.3 Å². The molecular weight excluding hydrogens is 670 g/mol. The molecular formula is C43H49N3O7. The number of aliphatic hydroxyl groups is 1. The van der Waals surface area contributed by atoms with E-state index in [0.29, 0.717) is 65.6 Å². The van der Waals surface area contributed by atoms with Crippen LogP contribution in [0.1, 0.15) is 54.9 Å². The summed E-state index contributed by atoms with van der Waals surface area (Å²) in [6.45, 7) is 4.90. The number of piperidine rings is 1. The summed E-state index contributed by atoms with van der Waals surface area (Å²) in [5, 5.41) is 35.6. The molecule has 1 atom stereocenters. The van der Waals surface area contributed by atoms with Crippen LogP contribution in [0.5, 0.6) is 17.2 Å². The fourth-order valence-electron chi connectivity index (χ4n) is 7.00. The number of rotatable bonds is 17. The highest BCUT2D eigenvalue weighted by Crippen LogP contribution is 2.35. The number of hydrogen-bond acceptors (Lipinski definition) is 9. The molecule has 278 valence electrons. The number of H-pyrrole nitrogens is 1. The molecule has 1 aromatic heterocycles. The number of phenols is 2. The summed E-state index contributed by atoms with van der Waals surface area (Å²) in [5.74, 6) is 0.797. The Morgan fingerprint density at radius 3 is 2.53 bits per heavy atom. The van der Waals surface area contributed by atoms with Crippen LogP contribution in [0.4, 0.5) is 0 Å². The SMILES string of the molecule is O=C(Cc1cccc(O)c1-c1cccc(OCCCCCNC[C@H](O)c2ccc(O)c3[nH]c(=O)ccc23)c1)OCC1CCN(Cc2ccccc2)CC1. The Kier molecular flexibility index (Phi) is 13.2. The number of esters is 1. The maximum absolute atomic E-state index is 13.0. The van der Waals surface area contributed by atoms with Crippen LogP contribution in [0, 0.1) is 5.92 Å². The van der Waals surface area contributed by atoms with Crippen LogP contribution in [0.15, 0.2) is 102 Å². The van der Waals surface area contributed by atoms with E-state index in [4.69, 9.17) is 9.47 Å². The van der Waals surface area contributed by atoms with Gasteiger partial charge in [-0.1, -0.05) is 60.7 Å². The highest BCUT2D eigenvalue weighted by atomic mass is 16.5. The number of pyridine rings is 1. The number of nitrogens with one attached hydrogen (secondary N) is 2. The minimum absolute atomic E-state index is 0.0345. The van der Waals surface area contributed by atoms with Crippen molar-refractivity contribution in [3.8, 4) is 28.4 Å². The van der Waals surface area contributed by atoms with Crippen LogP contribution in [0.25, 0.3) is 22.0 Å². The first-order chi connectivity index (χ1) is 25.8. The molecule has 1 saturated heterocycles. The third-order valence-electron chi connectivity index (χ3n) is 9.89. The van der Waals surface area contributed by atoms with E-state index in [0.717, 1.165) is 57.3 Å². The summed E-state index contributed by atoms with van der Waals surface area (Å²) in [7, 11) is 0. The Morgan fingerprint density at radius 2 is 1.70 bits per heavy atom. The van der Waals surface area contributed by atoms with Gasteiger partial charge in [-0.05, 0) is 110 Å². The molecule has 10 nitrogen and oxygen atoms in total. The number of likely N-dealkylation sites (tertiary alicyclic amines) is 1. The molecule has 0 aliphatic carbocycles. The number of aromatic nitrogens is 1. The van der Waals surface area contributed by atoms with Gasteiger partial charge in [-0.15, -0.1) is 0 Å². The number of carbonyl (C=O) groups is 1. The number of benzene rings is 4. The molecule has 1 fully saturated rings. The van der Waals surface area contributed by atoms with E-state index in [9.17, 15) is 24.9 Å². The monoisotopic (exact) mass is 719 g/mol. The van der Waals surface area contributed by atoms with Crippen molar-refractivity contribution in [2.24, 2.45) is 5.92 Å². The Morgan fingerprint density at radius 1 is 0.887 bits per heavy atom. The van der Waals surface area contributed by atoms with E-state index in [2.05, 4.69) is 39.5 Å². The summed E-state index contributed by atoms with van der Waals surface area (Å²) >= 11 is 0. The molecule has 0 saturated carbocycles. The molecule has 5 aromatic rings. The number of carbonyl (C=O) groups excluding carboxylic acids is 1. The van der Waals surface area contributed by atoms with Crippen molar-refractivity contribution in [3.63, 3.8) is 0 Å². The smallest absolute Gasteiger partial charge is 0.310 e. The van der Waals surface area contributed by atoms with Crippen molar-refractivity contribution in [2.45, 2.75) is 51.2 Å². The van der Waals surface area contributed by atoms with Crippen molar-refractivity contribution < 1.29 is 29.6 Å². The minimum Gasteiger partial charge on any atom is -0.507 e. The average Bonchev–Trinajstić information content (AvgIpc) is 3.16. The third kappa shape index (κ3) is 10.5. The van der Waals surface area contributed by atoms with Crippen LogP contribution >= 0.6 is 0 Å². The average molecular weight is 720 g/mol. The Labute approximate surface area is 310 Å². The molecule has 6 rings (SSSR count). The second kappa shape index (κ2) is 18.6. The molecule has 1 aliphatic heterocycles. The van der Waals surface area contributed by atoms with Crippen LogP contribution in [-0.4, -0.2) is 70.6 Å². The van der Waals surface area contributed by atoms with Crippen molar-refractivity contribution in [1.29, 1.82) is 0 Å². The van der Waals surface area contributed by atoms with Crippen LogP contribution < -0.4 is 15.6 Å². The van der Waals surface area contributed by atoms with E-state index in [1.165, 1.54) is 17.7 Å². The van der Waals surface area contributed by atoms with E-state index >= 15 is 0 Å². The van der Waals surface area contributed by atoms with E-state index in [1.807, 2.05) is 36.4 Å². The highest BCUT2D eigenvalue weighted by Gasteiger charge is 2.22. The first-order valence-corrected chi connectivity index (χ1v) is 18.5. The molecule has 1 aliphatic rings. The van der Waals surface area contributed by atoms with Crippen molar-refractivity contribution in [3.05, 3.63) is 124 Å². The van der Waals surface area contributed by atoms with Gasteiger partial charge in [0.15, 0.2) is 0 Å². The summed E-state index contributed by atoms with van der Waals surface area (Å²) < 4.78 is 11.8. The summed E-state index contributed by atoms with van der Waals surface area (Å²) in [5.41, 5.74) is 4.03. The molecule has 2 heterocycles. The summed E-state index contributed by atoms with van der Waals surface area (Å²) in [6, 6.07) is 29.4. The van der Waals surface area contributed by atoms with Gasteiger partial charge in [0.2, 0.25) is 5.56 Å². The van der Waals surface area contributed by atoms with Gasteiger partial charge in [-0.25, -0.2) is 0 Å². The number of ether oxygens (including phenoxy) is 2. The number of aromatic hydroxyl groups is 2. The molecule has 0 spiro atoms. The first-order valence-electron chi connectivity index (χ1n) is 18.5. The van der Waals surface area contributed by atoms with Crippen molar-refractivity contribution >= 4 is 16.9 Å². The molecule has 0 bridgehead atoms. The fourth-order valence-corrected chi connectivity index (χ4v) is 7.00. The number of unbranched alkanes of at least 4 members (excludes halogenated alkanes) is 2. The maximum Gasteiger partial charge on any atom is 0.310 e.